The number of hydrogen-bond donors (Lipinski definition) is 2. The third kappa shape index (κ3) is 3.05. The fourth-order valence-electron chi connectivity index (χ4n) is 2.68. The lowest BCUT2D eigenvalue weighted by atomic mass is 10.2. The summed E-state index contributed by atoms with van der Waals surface area (Å²) in [5.74, 6) is 1.16. The minimum absolute atomic E-state index is 0.00998. The first kappa shape index (κ1) is 15.6. The van der Waals surface area contributed by atoms with E-state index in [9.17, 15) is 5.11 Å². The zero-order chi connectivity index (χ0) is 17.2. The smallest absolute Gasteiger partial charge is 0.215 e. The molecule has 4 aromatic rings. The molecule has 6 nitrogen and oxygen atoms in total. The number of pyridine rings is 2. The number of ether oxygens (including phenoxy) is 1. The molecule has 6 heteroatoms. The molecule has 4 rings (SSSR count). The Kier molecular flexibility index (Phi) is 4.05. The quantitative estimate of drug-likeness (QED) is 0.585. The van der Waals surface area contributed by atoms with E-state index in [0.717, 1.165) is 27.8 Å². The fraction of sp³-hybridized carbons (Fsp3) is 0.158. The number of fused-ring (bicyclic) bond motifs is 2. The third-order valence-corrected chi connectivity index (χ3v) is 3.98. The van der Waals surface area contributed by atoms with Gasteiger partial charge in [0.1, 0.15) is 24.2 Å². The van der Waals surface area contributed by atoms with E-state index in [4.69, 9.17) is 14.8 Å². The predicted octanol–water partition coefficient (Wildman–Crippen LogP) is 2.31. The van der Waals surface area contributed by atoms with Crippen LogP contribution in [0.25, 0.3) is 27.8 Å². The van der Waals surface area contributed by atoms with E-state index in [2.05, 4.69) is 4.98 Å². The van der Waals surface area contributed by atoms with Gasteiger partial charge in [-0.25, -0.2) is 4.98 Å². The van der Waals surface area contributed by atoms with Crippen molar-refractivity contribution in [1.29, 1.82) is 0 Å². The monoisotopic (exact) mass is 335 g/mol. The molecule has 0 amide bonds. The van der Waals surface area contributed by atoms with Gasteiger partial charge in [-0.2, -0.15) is 4.98 Å². The average Bonchev–Trinajstić information content (AvgIpc) is 3.09. The van der Waals surface area contributed by atoms with E-state index in [1.165, 1.54) is 0 Å². The molecule has 0 radical (unpaired) electrons. The molecular formula is C19H17N3O3. The van der Waals surface area contributed by atoms with Crippen LogP contribution in [0.15, 0.2) is 60.8 Å². The van der Waals surface area contributed by atoms with Crippen molar-refractivity contribution in [3.05, 3.63) is 60.8 Å². The van der Waals surface area contributed by atoms with Gasteiger partial charge >= 0.3 is 0 Å². The molecule has 0 unspecified atom stereocenters. The number of rotatable bonds is 5. The minimum Gasteiger partial charge on any atom is -0.475 e. The number of aliphatic hydroxyl groups excluding tert-OH is 2. The molecule has 0 aliphatic rings. The van der Waals surface area contributed by atoms with Crippen LogP contribution in [-0.4, -0.2) is 44.1 Å². The topological polar surface area (TPSA) is 80.4 Å². The second kappa shape index (κ2) is 6.51. The summed E-state index contributed by atoms with van der Waals surface area (Å²) in [4.78, 5) is 9.20. The van der Waals surface area contributed by atoms with E-state index in [1.807, 2.05) is 59.3 Å². The summed E-state index contributed by atoms with van der Waals surface area (Å²) in [6.07, 6.45) is 0.993. The summed E-state index contributed by atoms with van der Waals surface area (Å²) in [6, 6.07) is 17.5. The number of nitrogens with zero attached hydrogens (tertiary/aromatic N) is 3. The van der Waals surface area contributed by atoms with Crippen molar-refractivity contribution in [1.82, 2.24) is 14.5 Å². The highest BCUT2D eigenvalue weighted by Gasteiger charge is 2.09. The van der Waals surface area contributed by atoms with Crippen molar-refractivity contribution >= 4 is 21.9 Å². The lowest BCUT2D eigenvalue weighted by Gasteiger charge is -2.10. The zero-order valence-corrected chi connectivity index (χ0v) is 13.4. The highest BCUT2D eigenvalue weighted by molar-refractivity contribution is 5.81. The zero-order valence-electron chi connectivity index (χ0n) is 13.4. The standard InChI is InChI=1S/C19H17N3O3/c23-11-15(24)12-25-18-8-6-14-9-10-22(19(14)21-18)17-7-5-13-3-1-2-4-16(13)20-17/h1-10,15,23-24H,11-12H2/t15-/m1/s1. The highest BCUT2D eigenvalue weighted by Crippen LogP contribution is 2.22. The number of para-hydroxylation sites is 1. The van der Waals surface area contributed by atoms with Crippen molar-refractivity contribution in [2.75, 3.05) is 13.2 Å². The first-order valence-corrected chi connectivity index (χ1v) is 8.00. The molecule has 0 spiro atoms. The molecule has 3 heterocycles. The summed E-state index contributed by atoms with van der Waals surface area (Å²) in [5, 5.41) is 20.3. The fourth-order valence-corrected chi connectivity index (χ4v) is 2.68. The van der Waals surface area contributed by atoms with Crippen molar-refractivity contribution in [3.63, 3.8) is 0 Å². The minimum atomic E-state index is -0.925. The molecule has 3 aromatic heterocycles. The van der Waals surface area contributed by atoms with E-state index < -0.39 is 6.10 Å². The van der Waals surface area contributed by atoms with Gasteiger partial charge < -0.3 is 14.9 Å². The SMILES string of the molecule is OC[C@@H](O)COc1ccc2ccn(-c3ccc4ccccc4n3)c2n1. The van der Waals surface area contributed by atoms with Gasteiger partial charge in [0.15, 0.2) is 0 Å². The van der Waals surface area contributed by atoms with E-state index in [1.54, 1.807) is 6.07 Å². The van der Waals surface area contributed by atoms with Gasteiger partial charge in [0, 0.05) is 23.0 Å². The van der Waals surface area contributed by atoms with Crippen LogP contribution >= 0.6 is 0 Å². The van der Waals surface area contributed by atoms with Crippen LogP contribution in [0, 0.1) is 0 Å². The Morgan fingerprint density at radius 1 is 0.960 bits per heavy atom. The molecule has 0 saturated heterocycles. The van der Waals surface area contributed by atoms with Gasteiger partial charge in [0.05, 0.1) is 12.1 Å². The Hall–Kier alpha value is -2.96. The maximum atomic E-state index is 9.41. The molecule has 126 valence electrons. The summed E-state index contributed by atoms with van der Waals surface area (Å²) in [6.45, 7) is -0.358. The van der Waals surface area contributed by atoms with Crippen molar-refractivity contribution in [2.45, 2.75) is 6.10 Å². The lowest BCUT2D eigenvalue weighted by Crippen LogP contribution is -2.21. The molecule has 2 N–H and O–H groups in total. The molecule has 0 bridgehead atoms. The predicted molar refractivity (Wildman–Crippen MR) is 95.0 cm³/mol. The van der Waals surface area contributed by atoms with Gasteiger partial charge in [-0.3, -0.25) is 4.57 Å². The Morgan fingerprint density at radius 3 is 2.68 bits per heavy atom. The Bertz CT molecular complexity index is 1030. The van der Waals surface area contributed by atoms with Crippen molar-refractivity contribution in [2.24, 2.45) is 0 Å². The van der Waals surface area contributed by atoms with Gasteiger partial charge in [0.25, 0.3) is 0 Å². The van der Waals surface area contributed by atoms with Crippen LogP contribution in [0.5, 0.6) is 5.88 Å². The van der Waals surface area contributed by atoms with Gasteiger partial charge in [-0.15, -0.1) is 0 Å². The number of hydrogen-bond acceptors (Lipinski definition) is 5. The molecule has 0 aliphatic carbocycles. The molecular weight excluding hydrogens is 318 g/mol. The molecule has 1 atom stereocenters. The molecule has 0 fully saturated rings. The molecule has 0 saturated carbocycles. The van der Waals surface area contributed by atoms with E-state index >= 15 is 0 Å². The second-order valence-corrected chi connectivity index (χ2v) is 5.76. The second-order valence-electron chi connectivity index (χ2n) is 5.76. The van der Waals surface area contributed by atoms with E-state index in [0.29, 0.717) is 5.88 Å². The van der Waals surface area contributed by atoms with E-state index in [-0.39, 0.29) is 13.2 Å². The largest absolute Gasteiger partial charge is 0.475 e. The van der Waals surface area contributed by atoms with Crippen LogP contribution in [0.2, 0.25) is 0 Å². The summed E-state index contributed by atoms with van der Waals surface area (Å²) in [5.41, 5.74) is 1.64. The average molecular weight is 335 g/mol. The van der Waals surface area contributed by atoms with Gasteiger partial charge in [0.2, 0.25) is 5.88 Å². The number of aromatic nitrogens is 3. The molecule has 0 aliphatic heterocycles. The van der Waals surface area contributed by atoms with Crippen LogP contribution < -0.4 is 4.74 Å². The van der Waals surface area contributed by atoms with Gasteiger partial charge in [-0.05, 0) is 30.3 Å². The first-order chi connectivity index (χ1) is 12.2. The summed E-state index contributed by atoms with van der Waals surface area (Å²) < 4.78 is 7.34. The Balaban J connectivity index is 1.73. The van der Waals surface area contributed by atoms with Crippen molar-refractivity contribution in [3.8, 4) is 11.7 Å². The highest BCUT2D eigenvalue weighted by atomic mass is 16.5. The summed E-state index contributed by atoms with van der Waals surface area (Å²) in [7, 11) is 0. The number of benzene rings is 1. The van der Waals surface area contributed by atoms with Crippen LogP contribution in [0.3, 0.4) is 0 Å². The maximum Gasteiger partial charge on any atom is 0.215 e. The lowest BCUT2D eigenvalue weighted by molar-refractivity contribution is 0.0522. The molecule has 1 aromatic carbocycles. The third-order valence-electron chi connectivity index (χ3n) is 3.98. The van der Waals surface area contributed by atoms with Crippen LogP contribution in [0.1, 0.15) is 0 Å². The first-order valence-electron chi connectivity index (χ1n) is 8.00. The number of aliphatic hydroxyl groups is 2. The van der Waals surface area contributed by atoms with Gasteiger partial charge in [-0.1, -0.05) is 18.2 Å². The van der Waals surface area contributed by atoms with Crippen LogP contribution in [0.4, 0.5) is 0 Å². The Labute approximate surface area is 144 Å². The molecule has 25 heavy (non-hydrogen) atoms. The normalized spacial score (nSPS) is 12.6. The van der Waals surface area contributed by atoms with Crippen LogP contribution in [-0.2, 0) is 0 Å². The summed E-state index contributed by atoms with van der Waals surface area (Å²) >= 11 is 0. The Morgan fingerprint density at radius 2 is 1.80 bits per heavy atom. The van der Waals surface area contributed by atoms with Crippen molar-refractivity contribution < 1.29 is 14.9 Å². The maximum absolute atomic E-state index is 9.41.